The van der Waals surface area contributed by atoms with Crippen LogP contribution in [0, 0.1) is 11.7 Å². The number of halogens is 1. The van der Waals surface area contributed by atoms with Crippen LogP contribution in [-0.2, 0) is 9.59 Å². The molecule has 2 fully saturated rings. The third-order valence-electron chi connectivity index (χ3n) is 5.25. The number of carbonyl (C=O) groups excluding carboxylic acids is 2. The Bertz CT molecular complexity index is 793. The second-order valence-electron chi connectivity index (χ2n) is 6.74. The second kappa shape index (κ2) is 5.92. The number of piperidine rings is 1. The molecule has 0 radical (unpaired) electrons. The van der Waals surface area contributed by atoms with Gasteiger partial charge in [0, 0.05) is 43.2 Å². The molecule has 0 unspecified atom stereocenters. The van der Waals surface area contributed by atoms with Gasteiger partial charge >= 0.3 is 0 Å². The van der Waals surface area contributed by atoms with Crippen LogP contribution in [0.25, 0.3) is 10.9 Å². The minimum atomic E-state index is -0.227. The molecule has 1 atom stereocenters. The minimum Gasteiger partial charge on any atom is -0.361 e. The van der Waals surface area contributed by atoms with Crippen LogP contribution < -0.4 is 5.32 Å². The Morgan fingerprint density at radius 3 is 2.75 bits per heavy atom. The Morgan fingerprint density at radius 2 is 2.04 bits per heavy atom. The number of hydrogen-bond acceptors (Lipinski definition) is 2. The van der Waals surface area contributed by atoms with Gasteiger partial charge in [0.05, 0.1) is 5.92 Å². The molecular weight excluding hydrogens is 309 g/mol. The lowest BCUT2D eigenvalue weighted by molar-refractivity contribution is -0.136. The van der Waals surface area contributed by atoms with Crippen LogP contribution in [0.4, 0.5) is 4.39 Å². The zero-order chi connectivity index (χ0) is 16.7. The smallest absolute Gasteiger partial charge is 0.227 e. The van der Waals surface area contributed by atoms with Crippen LogP contribution in [0.2, 0.25) is 0 Å². The van der Waals surface area contributed by atoms with E-state index in [2.05, 4.69) is 10.3 Å². The maximum Gasteiger partial charge on any atom is 0.227 e. The topological polar surface area (TPSA) is 65.2 Å². The fourth-order valence-corrected chi connectivity index (χ4v) is 3.90. The fraction of sp³-hybridized carbons (Fsp3) is 0.444. The molecule has 24 heavy (non-hydrogen) atoms. The van der Waals surface area contributed by atoms with Gasteiger partial charge in [0.15, 0.2) is 0 Å². The quantitative estimate of drug-likeness (QED) is 0.887. The highest BCUT2D eigenvalue weighted by atomic mass is 19.1. The standard InChI is InChI=1S/C18H20FN3O2/c19-13-1-2-16-14(8-13)15(10-20-16)11-3-5-22(6-4-11)18(24)12-7-17(23)21-9-12/h1-2,8,10-12,20H,3-7,9H2,(H,21,23)/t12-/m1/s1. The SMILES string of the molecule is O=C1C[C@@H](C(=O)N2CCC(c3c[nH]c4ccc(F)cc34)CC2)CN1. The van der Waals surface area contributed by atoms with Crippen LogP contribution in [0.3, 0.4) is 0 Å². The molecule has 2 N–H and O–H groups in total. The molecule has 2 aliphatic heterocycles. The molecule has 6 heteroatoms. The van der Waals surface area contributed by atoms with Crippen LogP contribution in [-0.4, -0.2) is 41.3 Å². The Morgan fingerprint density at radius 1 is 1.25 bits per heavy atom. The number of H-pyrrole nitrogens is 1. The van der Waals surface area contributed by atoms with Gasteiger partial charge in [0.1, 0.15) is 5.82 Å². The highest BCUT2D eigenvalue weighted by molar-refractivity contribution is 5.89. The van der Waals surface area contributed by atoms with Crippen molar-refractivity contribution in [3.8, 4) is 0 Å². The number of fused-ring (bicyclic) bond motifs is 1. The molecule has 0 bridgehead atoms. The molecule has 2 saturated heterocycles. The second-order valence-corrected chi connectivity index (χ2v) is 6.74. The van der Waals surface area contributed by atoms with E-state index in [0.29, 0.717) is 32.0 Å². The van der Waals surface area contributed by atoms with E-state index < -0.39 is 0 Å². The molecule has 0 spiro atoms. The van der Waals surface area contributed by atoms with Crippen LogP contribution >= 0.6 is 0 Å². The summed E-state index contributed by atoms with van der Waals surface area (Å²) in [5, 5.41) is 3.66. The van der Waals surface area contributed by atoms with Gasteiger partial charge in [-0.1, -0.05) is 0 Å². The van der Waals surface area contributed by atoms with E-state index >= 15 is 0 Å². The molecule has 1 aromatic heterocycles. The van der Waals surface area contributed by atoms with Gasteiger partial charge in [-0.3, -0.25) is 9.59 Å². The summed E-state index contributed by atoms with van der Waals surface area (Å²) in [6.07, 6.45) is 4.00. The number of nitrogens with one attached hydrogen (secondary N) is 2. The molecule has 2 aromatic rings. The number of likely N-dealkylation sites (tertiary alicyclic amines) is 1. The maximum absolute atomic E-state index is 13.5. The van der Waals surface area contributed by atoms with Gasteiger partial charge in [0.25, 0.3) is 0 Å². The van der Waals surface area contributed by atoms with Crippen molar-refractivity contribution in [3.05, 3.63) is 35.8 Å². The first-order valence-corrected chi connectivity index (χ1v) is 8.44. The average Bonchev–Trinajstić information content (AvgIpc) is 3.20. The molecule has 1 aromatic carbocycles. The molecule has 4 rings (SSSR count). The third kappa shape index (κ3) is 2.66. The Labute approximate surface area is 139 Å². The minimum absolute atomic E-state index is 0.0379. The number of rotatable bonds is 2. The van der Waals surface area contributed by atoms with Gasteiger partial charge in [0.2, 0.25) is 11.8 Å². The molecule has 0 aliphatic carbocycles. The number of hydrogen-bond donors (Lipinski definition) is 2. The lowest BCUT2D eigenvalue weighted by atomic mass is 9.88. The van der Waals surface area contributed by atoms with E-state index in [1.54, 1.807) is 12.1 Å². The normalized spacial score (nSPS) is 22.1. The first-order chi connectivity index (χ1) is 11.6. The number of benzene rings is 1. The maximum atomic E-state index is 13.5. The lowest BCUT2D eigenvalue weighted by Gasteiger charge is -2.33. The predicted octanol–water partition coefficient (Wildman–Crippen LogP) is 2.15. The van der Waals surface area contributed by atoms with Crippen LogP contribution in [0.15, 0.2) is 24.4 Å². The number of nitrogens with zero attached hydrogens (tertiary/aromatic N) is 1. The molecule has 2 amide bonds. The average molecular weight is 329 g/mol. The van der Waals surface area contributed by atoms with Crippen LogP contribution in [0.5, 0.6) is 0 Å². The first-order valence-electron chi connectivity index (χ1n) is 8.44. The molecule has 3 heterocycles. The summed E-state index contributed by atoms with van der Waals surface area (Å²) < 4.78 is 13.5. The van der Waals surface area contributed by atoms with E-state index in [9.17, 15) is 14.0 Å². The largest absolute Gasteiger partial charge is 0.361 e. The summed E-state index contributed by atoms with van der Waals surface area (Å²) in [5.74, 6) is -0.0700. The van der Waals surface area contributed by atoms with E-state index in [4.69, 9.17) is 0 Å². The zero-order valence-corrected chi connectivity index (χ0v) is 13.3. The highest BCUT2D eigenvalue weighted by Crippen LogP contribution is 2.34. The highest BCUT2D eigenvalue weighted by Gasteiger charge is 2.33. The summed E-state index contributed by atoms with van der Waals surface area (Å²) in [7, 11) is 0. The fourth-order valence-electron chi connectivity index (χ4n) is 3.90. The van der Waals surface area contributed by atoms with Crippen molar-refractivity contribution in [1.29, 1.82) is 0 Å². The zero-order valence-electron chi connectivity index (χ0n) is 13.3. The summed E-state index contributed by atoms with van der Waals surface area (Å²) in [6.45, 7) is 1.84. The van der Waals surface area contributed by atoms with Gasteiger partial charge in [-0.15, -0.1) is 0 Å². The van der Waals surface area contributed by atoms with Gasteiger partial charge in [-0.25, -0.2) is 4.39 Å². The van der Waals surface area contributed by atoms with Crippen molar-refractivity contribution < 1.29 is 14.0 Å². The van der Waals surface area contributed by atoms with Gasteiger partial charge in [-0.2, -0.15) is 0 Å². The van der Waals surface area contributed by atoms with Gasteiger partial charge < -0.3 is 15.2 Å². The summed E-state index contributed by atoms with van der Waals surface area (Å²) >= 11 is 0. The monoisotopic (exact) mass is 329 g/mol. The van der Waals surface area contributed by atoms with E-state index in [0.717, 1.165) is 29.3 Å². The van der Waals surface area contributed by atoms with Crippen molar-refractivity contribution in [3.63, 3.8) is 0 Å². The van der Waals surface area contributed by atoms with Crippen molar-refractivity contribution in [2.75, 3.05) is 19.6 Å². The van der Waals surface area contributed by atoms with E-state index in [1.807, 2.05) is 11.1 Å². The number of amides is 2. The Hall–Kier alpha value is -2.37. The summed E-state index contributed by atoms with van der Waals surface area (Å²) in [4.78, 5) is 28.8. The van der Waals surface area contributed by atoms with Crippen molar-refractivity contribution in [2.24, 2.45) is 5.92 Å². The number of aromatic amines is 1. The van der Waals surface area contributed by atoms with Gasteiger partial charge in [-0.05, 0) is 42.5 Å². The predicted molar refractivity (Wildman–Crippen MR) is 87.9 cm³/mol. The molecule has 126 valence electrons. The van der Waals surface area contributed by atoms with E-state index in [-0.39, 0.29) is 23.5 Å². The van der Waals surface area contributed by atoms with E-state index in [1.165, 1.54) is 6.07 Å². The summed E-state index contributed by atoms with van der Waals surface area (Å²) in [6, 6.07) is 4.80. The molecule has 5 nitrogen and oxygen atoms in total. The molecule has 0 saturated carbocycles. The first kappa shape index (κ1) is 15.2. The Balaban J connectivity index is 1.45. The summed E-state index contributed by atoms with van der Waals surface area (Å²) in [5.41, 5.74) is 2.08. The Kier molecular flexibility index (Phi) is 3.75. The van der Waals surface area contributed by atoms with Crippen LogP contribution in [0.1, 0.15) is 30.7 Å². The van der Waals surface area contributed by atoms with Crippen molar-refractivity contribution in [1.82, 2.24) is 15.2 Å². The number of aromatic nitrogens is 1. The van der Waals surface area contributed by atoms with Crippen molar-refractivity contribution >= 4 is 22.7 Å². The number of carbonyl (C=O) groups is 2. The van der Waals surface area contributed by atoms with Crippen molar-refractivity contribution in [2.45, 2.75) is 25.2 Å². The molecular formula is C18H20FN3O2. The molecule has 2 aliphatic rings. The third-order valence-corrected chi connectivity index (χ3v) is 5.25. The lowest BCUT2D eigenvalue weighted by Crippen LogP contribution is -2.41.